The van der Waals surface area contributed by atoms with Crippen LogP contribution in [0.4, 0.5) is 13.2 Å². The zero-order valence-electron chi connectivity index (χ0n) is 7.51. The van der Waals surface area contributed by atoms with Gasteiger partial charge in [0.1, 0.15) is 5.82 Å². The van der Waals surface area contributed by atoms with Gasteiger partial charge < -0.3 is 5.73 Å². The van der Waals surface area contributed by atoms with Gasteiger partial charge in [-0.05, 0) is 19.1 Å². The van der Waals surface area contributed by atoms with Crippen molar-refractivity contribution in [1.29, 1.82) is 0 Å². The van der Waals surface area contributed by atoms with Gasteiger partial charge in [0.15, 0.2) is 0 Å². The Morgan fingerprint density at radius 2 is 1.86 bits per heavy atom. The van der Waals surface area contributed by atoms with Crippen LogP contribution in [0.25, 0.3) is 0 Å². The average molecular weight is 226 g/mol. The fraction of sp³-hybridized carbons (Fsp3) is 0.333. The molecule has 0 fully saturated rings. The van der Waals surface area contributed by atoms with Crippen LogP contribution in [0.15, 0.2) is 18.2 Å². The molecule has 0 radical (unpaired) electrons. The first-order chi connectivity index (χ1) is 6.02. The molecule has 1 atom stereocenters. The summed E-state index contributed by atoms with van der Waals surface area (Å²) < 4.78 is 37.3. The molecule has 0 saturated carbocycles. The quantitative estimate of drug-likeness (QED) is 0.822. The van der Waals surface area contributed by atoms with Crippen LogP contribution in [0.5, 0.6) is 0 Å². The lowest BCUT2D eigenvalue weighted by molar-refractivity contribution is 0.151. The van der Waals surface area contributed by atoms with Gasteiger partial charge in [-0.25, -0.2) is 13.2 Å². The Kier molecular flexibility index (Phi) is 4.94. The molecule has 0 aliphatic heterocycles. The zero-order chi connectivity index (χ0) is 10.0. The van der Waals surface area contributed by atoms with Gasteiger partial charge in [0.05, 0.1) is 0 Å². The predicted octanol–water partition coefficient (Wildman–Crippen LogP) is 3.20. The number of halogens is 4. The highest BCUT2D eigenvalue weighted by Crippen LogP contribution is 2.23. The summed E-state index contributed by atoms with van der Waals surface area (Å²) in [7, 11) is 0. The first-order valence-electron chi connectivity index (χ1n) is 3.85. The molecule has 0 aliphatic rings. The monoisotopic (exact) mass is 225 g/mol. The second-order valence-electron chi connectivity index (χ2n) is 2.87. The van der Waals surface area contributed by atoms with Crippen LogP contribution in [-0.2, 0) is 0 Å². The second-order valence-corrected chi connectivity index (χ2v) is 2.87. The normalized spacial score (nSPS) is 12.4. The fourth-order valence-corrected chi connectivity index (χ4v) is 1.05. The summed E-state index contributed by atoms with van der Waals surface area (Å²) in [5.41, 5.74) is 5.32. The van der Waals surface area contributed by atoms with E-state index in [4.69, 9.17) is 5.73 Å². The Morgan fingerprint density at radius 1 is 1.29 bits per heavy atom. The van der Waals surface area contributed by atoms with E-state index >= 15 is 0 Å². The van der Waals surface area contributed by atoms with Crippen molar-refractivity contribution < 1.29 is 13.2 Å². The molecule has 0 bridgehead atoms. The minimum Gasteiger partial charge on any atom is -0.324 e. The molecule has 5 heteroatoms. The molecule has 80 valence electrons. The standard InChI is InChI=1S/C9H10F3N.ClH/c1-5(13)7-4-6(9(11)12)2-3-8(7)10;/h2-5,9H,13H2,1H3;1H. The summed E-state index contributed by atoms with van der Waals surface area (Å²) in [5.74, 6) is -0.542. The first-order valence-corrected chi connectivity index (χ1v) is 3.85. The van der Waals surface area contributed by atoms with E-state index < -0.39 is 18.3 Å². The van der Waals surface area contributed by atoms with Gasteiger partial charge in [-0.15, -0.1) is 12.4 Å². The molecule has 14 heavy (non-hydrogen) atoms. The van der Waals surface area contributed by atoms with Crippen LogP contribution in [0.2, 0.25) is 0 Å². The van der Waals surface area contributed by atoms with Crippen LogP contribution in [0.3, 0.4) is 0 Å². The number of nitrogens with two attached hydrogens (primary N) is 1. The number of alkyl halides is 2. The highest BCUT2D eigenvalue weighted by Gasteiger charge is 2.12. The summed E-state index contributed by atoms with van der Waals surface area (Å²) in [6, 6.07) is 2.61. The highest BCUT2D eigenvalue weighted by atomic mass is 35.5. The Labute approximate surface area is 86.5 Å². The van der Waals surface area contributed by atoms with Crippen molar-refractivity contribution in [3.05, 3.63) is 35.1 Å². The van der Waals surface area contributed by atoms with E-state index in [0.29, 0.717) is 0 Å². The molecule has 1 aromatic carbocycles. The van der Waals surface area contributed by atoms with Crippen molar-refractivity contribution in [2.24, 2.45) is 5.73 Å². The van der Waals surface area contributed by atoms with E-state index in [2.05, 4.69) is 0 Å². The minimum absolute atomic E-state index is 0. The molecular weight excluding hydrogens is 215 g/mol. The zero-order valence-corrected chi connectivity index (χ0v) is 8.32. The second kappa shape index (κ2) is 5.22. The first kappa shape index (κ1) is 13.3. The van der Waals surface area contributed by atoms with Gasteiger partial charge in [-0.3, -0.25) is 0 Å². The van der Waals surface area contributed by atoms with Gasteiger partial charge >= 0.3 is 0 Å². The summed E-state index contributed by atoms with van der Waals surface area (Å²) in [5, 5.41) is 0. The van der Waals surface area contributed by atoms with Gasteiger partial charge in [-0.2, -0.15) is 0 Å². The summed E-state index contributed by atoms with van der Waals surface area (Å²) >= 11 is 0. The maximum absolute atomic E-state index is 13.0. The molecule has 0 aliphatic carbocycles. The third-order valence-electron chi connectivity index (χ3n) is 1.76. The van der Waals surface area contributed by atoms with Gasteiger partial charge in [0, 0.05) is 17.2 Å². The van der Waals surface area contributed by atoms with E-state index in [0.717, 1.165) is 18.2 Å². The molecule has 0 amide bonds. The Balaban J connectivity index is 0.00000169. The third kappa shape index (κ3) is 2.89. The topological polar surface area (TPSA) is 26.0 Å². The predicted molar refractivity (Wildman–Crippen MR) is 51.2 cm³/mol. The maximum Gasteiger partial charge on any atom is 0.263 e. The lowest BCUT2D eigenvalue weighted by Crippen LogP contribution is -2.08. The highest BCUT2D eigenvalue weighted by molar-refractivity contribution is 5.85. The SMILES string of the molecule is CC(N)c1cc(C(F)F)ccc1F.Cl. The Hall–Kier alpha value is -0.740. The van der Waals surface area contributed by atoms with Crippen molar-refractivity contribution >= 4 is 12.4 Å². The summed E-state index contributed by atoms with van der Waals surface area (Å²) in [4.78, 5) is 0. The van der Waals surface area contributed by atoms with Crippen LogP contribution in [0, 0.1) is 5.82 Å². The van der Waals surface area contributed by atoms with Crippen molar-refractivity contribution in [2.45, 2.75) is 19.4 Å². The lowest BCUT2D eigenvalue weighted by Gasteiger charge is -2.08. The molecule has 0 spiro atoms. The molecule has 1 unspecified atom stereocenters. The molecule has 0 saturated heterocycles. The van der Waals surface area contributed by atoms with Crippen LogP contribution < -0.4 is 5.73 Å². The molecule has 1 aromatic rings. The molecule has 1 nitrogen and oxygen atoms in total. The number of hydrogen-bond acceptors (Lipinski definition) is 1. The van der Waals surface area contributed by atoms with Crippen molar-refractivity contribution in [1.82, 2.24) is 0 Å². The molecule has 0 heterocycles. The van der Waals surface area contributed by atoms with E-state index in [1.807, 2.05) is 0 Å². The van der Waals surface area contributed by atoms with Crippen LogP contribution >= 0.6 is 12.4 Å². The van der Waals surface area contributed by atoms with Gasteiger partial charge in [0.2, 0.25) is 0 Å². The Morgan fingerprint density at radius 3 is 2.29 bits per heavy atom. The van der Waals surface area contributed by atoms with E-state index in [-0.39, 0.29) is 23.5 Å². The van der Waals surface area contributed by atoms with E-state index in [1.54, 1.807) is 6.92 Å². The van der Waals surface area contributed by atoms with Crippen molar-refractivity contribution in [3.63, 3.8) is 0 Å². The van der Waals surface area contributed by atoms with Gasteiger partial charge in [-0.1, -0.05) is 6.07 Å². The third-order valence-corrected chi connectivity index (χ3v) is 1.76. The number of hydrogen-bond donors (Lipinski definition) is 1. The molecule has 0 aromatic heterocycles. The number of rotatable bonds is 2. The van der Waals surface area contributed by atoms with Crippen LogP contribution in [-0.4, -0.2) is 0 Å². The van der Waals surface area contributed by atoms with Crippen LogP contribution in [0.1, 0.15) is 30.5 Å². The molecular formula is C9H11ClF3N. The fourth-order valence-electron chi connectivity index (χ4n) is 1.05. The van der Waals surface area contributed by atoms with E-state index in [1.165, 1.54) is 0 Å². The van der Waals surface area contributed by atoms with Crippen molar-refractivity contribution in [3.8, 4) is 0 Å². The minimum atomic E-state index is -2.59. The smallest absolute Gasteiger partial charge is 0.263 e. The maximum atomic E-state index is 13.0. The molecule has 2 N–H and O–H groups in total. The molecule has 1 rings (SSSR count). The van der Waals surface area contributed by atoms with Gasteiger partial charge in [0.25, 0.3) is 6.43 Å². The summed E-state index contributed by atoms with van der Waals surface area (Å²) in [6.07, 6.45) is -2.59. The van der Waals surface area contributed by atoms with E-state index in [9.17, 15) is 13.2 Å². The Bertz CT molecular complexity index is 302. The average Bonchev–Trinajstić information content (AvgIpc) is 2.04. The lowest BCUT2D eigenvalue weighted by atomic mass is 10.1. The van der Waals surface area contributed by atoms with Crippen molar-refractivity contribution in [2.75, 3.05) is 0 Å². The largest absolute Gasteiger partial charge is 0.324 e. The number of benzene rings is 1. The summed E-state index contributed by atoms with van der Waals surface area (Å²) in [6.45, 7) is 1.55.